The van der Waals surface area contributed by atoms with E-state index in [1.165, 1.54) is 9.80 Å². The van der Waals surface area contributed by atoms with Gasteiger partial charge in [-0.25, -0.2) is 4.79 Å². The van der Waals surface area contributed by atoms with E-state index < -0.39 is 5.97 Å². The minimum atomic E-state index is -1.04. The number of amides is 2. The second-order valence-electron chi connectivity index (χ2n) is 4.47. The van der Waals surface area contributed by atoms with Gasteiger partial charge in [-0.2, -0.15) is 5.26 Å². The zero-order valence-electron chi connectivity index (χ0n) is 11.4. The molecule has 2 unspecified atom stereocenters. The number of carboxylic acid groups (broad SMARTS) is 1. The van der Waals surface area contributed by atoms with Crippen LogP contribution in [0.4, 0.5) is 4.79 Å². The van der Waals surface area contributed by atoms with Gasteiger partial charge in [0.05, 0.1) is 12.0 Å². The van der Waals surface area contributed by atoms with Crippen molar-refractivity contribution in [2.45, 2.75) is 33.2 Å². The molecule has 0 aliphatic rings. The first-order chi connectivity index (χ1) is 8.33. The molecule has 0 saturated heterocycles. The predicted octanol–water partition coefficient (Wildman–Crippen LogP) is 1.38. The van der Waals surface area contributed by atoms with Crippen molar-refractivity contribution in [1.29, 1.82) is 5.26 Å². The van der Waals surface area contributed by atoms with Crippen LogP contribution in [0.3, 0.4) is 0 Å². The predicted molar refractivity (Wildman–Crippen MR) is 66.9 cm³/mol. The van der Waals surface area contributed by atoms with Gasteiger partial charge in [0.25, 0.3) is 0 Å². The molecule has 0 radical (unpaired) electrons. The smallest absolute Gasteiger partial charge is 0.323 e. The summed E-state index contributed by atoms with van der Waals surface area (Å²) in [7, 11) is 1.58. The Morgan fingerprint density at radius 3 is 2.33 bits per heavy atom. The average Bonchev–Trinajstić information content (AvgIpc) is 2.33. The number of nitrogens with zero attached hydrogens (tertiary/aromatic N) is 3. The van der Waals surface area contributed by atoms with E-state index in [1.807, 2.05) is 19.9 Å². The molecule has 0 rings (SSSR count). The maximum absolute atomic E-state index is 12.1. The minimum absolute atomic E-state index is 0.145. The van der Waals surface area contributed by atoms with E-state index >= 15 is 0 Å². The highest BCUT2D eigenvalue weighted by Gasteiger charge is 2.25. The van der Waals surface area contributed by atoms with Gasteiger partial charge in [0, 0.05) is 19.6 Å². The molecule has 0 aliphatic heterocycles. The summed E-state index contributed by atoms with van der Waals surface area (Å²) in [6.07, 6.45) is 0.681. The Labute approximate surface area is 108 Å². The van der Waals surface area contributed by atoms with Crippen LogP contribution in [0.5, 0.6) is 0 Å². The Balaban J connectivity index is 4.74. The summed E-state index contributed by atoms with van der Waals surface area (Å²) in [6.45, 7) is 5.39. The highest BCUT2D eigenvalue weighted by atomic mass is 16.4. The lowest BCUT2D eigenvalue weighted by atomic mass is 10.2. The molecule has 18 heavy (non-hydrogen) atoms. The number of urea groups is 1. The van der Waals surface area contributed by atoms with Crippen LogP contribution in [0.25, 0.3) is 0 Å². The molecule has 0 spiro atoms. The van der Waals surface area contributed by atoms with Gasteiger partial charge in [-0.3, -0.25) is 4.79 Å². The summed E-state index contributed by atoms with van der Waals surface area (Å²) in [5.74, 6) is -1.31. The zero-order chi connectivity index (χ0) is 14.3. The normalized spacial score (nSPS) is 13.3. The lowest BCUT2D eigenvalue weighted by Crippen LogP contribution is -2.48. The maximum atomic E-state index is 12.1. The molecule has 0 aromatic carbocycles. The van der Waals surface area contributed by atoms with Crippen molar-refractivity contribution in [3.63, 3.8) is 0 Å². The second-order valence-corrected chi connectivity index (χ2v) is 4.47. The van der Waals surface area contributed by atoms with Gasteiger partial charge in [-0.15, -0.1) is 0 Å². The molecule has 2 atom stereocenters. The summed E-state index contributed by atoms with van der Waals surface area (Å²) >= 11 is 0. The average molecular weight is 255 g/mol. The number of rotatable bonds is 6. The van der Waals surface area contributed by atoms with Crippen LogP contribution >= 0.6 is 0 Å². The van der Waals surface area contributed by atoms with Crippen LogP contribution in [-0.2, 0) is 4.79 Å². The highest BCUT2D eigenvalue weighted by molar-refractivity contribution is 5.80. The Morgan fingerprint density at radius 2 is 1.94 bits per heavy atom. The molecule has 0 heterocycles. The molecular formula is C12H21N3O3. The lowest BCUT2D eigenvalue weighted by molar-refractivity contribution is -0.138. The van der Waals surface area contributed by atoms with Crippen LogP contribution in [-0.4, -0.2) is 53.1 Å². The molecule has 102 valence electrons. The molecule has 6 nitrogen and oxygen atoms in total. The molecule has 0 aromatic rings. The van der Waals surface area contributed by atoms with Gasteiger partial charge < -0.3 is 14.9 Å². The van der Waals surface area contributed by atoms with E-state index in [9.17, 15) is 9.59 Å². The summed E-state index contributed by atoms with van der Waals surface area (Å²) in [5, 5.41) is 17.5. The molecular weight excluding hydrogens is 234 g/mol. The SMILES string of the molecule is CCC(C)N(CC(=O)O)C(=O)N(C)CC(C)C#N. The Bertz CT molecular complexity index is 338. The lowest BCUT2D eigenvalue weighted by Gasteiger charge is -2.31. The first kappa shape index (κ1) is 16.2. The van der Waals surface area contributed by atoms with E-state index in [0.29, 0.717) is 13.0 Å². The monoisotopic (exact) mass is 255 g/mol. The van der Waals surface area contributed by atoms with Gasteiger partial charge in [-0.05, 0) is 20.3 Å². The van der Waals surface area contributed by atoms with Crippen molar-refractivity contribution in [2.24, 2.45) is 5.92 Å². The van der Waals surface area contributed by atoms with E-state index in [4.69, 9.17) is 10.4 Å². The summed E-state index contributed by atoms with van der Waals surface area (Å²) in [4.78, 5) is 25.6. The van der Waals surface area contributed by atoms with Crippen LogP contribution in [0.1, 0.15) is 27.2 Å². The minimum Gasteiger partial charge on any atom is -0.480 e. The van der Waals surface area contributed by atoms with Crippen molar-refractivity contribution in [3.8, 4) is 6.07 Å². The fourth-order valence-electron chi connectivity index (χ4n) is 1.53. The third-order valence-electron chi connectivity index (χ3n) is 2.77. The molecule has 6 heteroatoms. The molecule has 0 bridgehead atoms. The molecule has 0 aromatic heterocycles. The van der Waals surface area contributed by atoms with Crippen LogP contribution < -0.4 is 0 Å². The Kier molecular flexibility index (Phi) is 6.79. The third kappa shape index (κ3) is 5.04. The van der Waals surface area contributed by atoms with E-state index in [0.717, 1.165) is 0 Å². The van der Waals surface area contributed by atoms with E-state index in [2.05, 4.69) is 0 Å². The number of hydrogen-bond donors (Lipinski definition) is 1. The molecule has 0 aliphatic carbocycles. The fourth-order valence-corrected chi connectivity index (χ4v) is 1.53. The second kappa shape index (κ2) is 7.54. The highest BCUT2D eigenvalue weighted by Crippen LogP contribution is 2.08. The van der Waals surface area contributed by atoms with E-state index in [-0.39, 0.29) is 24.5 Å². The standard InChI is InChI=1S/C12H21N3O3/c1-5-10(3)15(8-11(16)17)12(18)14(4)7-9(2)6-13/h9-10H,5,7-8H2,1-4H3,(H,16,17). The number of aliphatic carboxylic acids is 1. The Morgan fingerprint density at radius 1 is 1.39 bits per heavy atom. The van der Waals surface area contributed by atoms with Crippen molar-refractivity contribution in [2.75, 3.05) is 20.1 Å². The summed E-state index contributed by atoms with van der Waals surface area (Å²) < 4.78 is 0. The molecule has 0 fully saturated rings. The third-order valence-corrected chi connectivity index (χ3v) is 2.77. The van der Waals surface area contributed by atoms with Crippen LogP contribution in [0.2, 0.25) is 0 Å². The molecule has 1 N–H and O–H groups in total. The van der Waals surface area contributed by atoms with Crippen molar-refractivity contribution < 1.29 is 14.7 Å². The fraction of sp³-hybridized carbons (Fsp3) is 0.750. The zero-order valence-corrected chi connectivity index (χ0v) is 11.4. The van der Waals surface area contributed by atoms with Gasteiger partial charge >= 0.3 is 12.0 Å². The van der Waals surface area contributed by atoms with Gasteiger partial charge in [-0.1, -0.05) is 6.92 Å². The van der Waals surface area contributed by atoms with Gasteiger partial charge in [0.15, 0.2) is 0 Å². The summed E-state index contributed by atoms with van der Waals surface area (Å²) in [5.41, 5.74) is 0. The van der Waals surface area contributed by atoms with Gasteiger partial charge in [0.2, 0.25) is 0 Å². The van der Waals surface area contributed by atoms with Crippen molar-refractivity contribution in [1.82, 2.24) is 9.80 Å². The number of carboxylic acids is 1. The van der Waals surface area contributed by atoms with Crippen LogP contribution in [0, 0.1) is 17.2 Å². The summed E-state index contributed by atoms with van der Waals surface area (Å²) in [6, 6.07) is 1.55. The number of carbonyl (C=O) groups excluding carboxylic acids is 1. The topological polar surface area (TPSA) is 84.6 Å². The number of hydrogen-bond acceptors (Lipinski definition) is 3. The van der Waals surface area contributed by atoms with E-state index in [1.54, 1.807) is 14.0 Å². The largest absolute Gasteiger partial charge is 0.480 e. The van der Waals surface area contributed by atoms with Gasteiger partial charge in [0.1, 0.15) is 6.54 Å². The maximum Gasteiger partial charge on any atom is 0.323 e. The van der Waals surface area contributed by atoms with Crippen molar-refractivity contribution in [3.05, 3.63) is 0 Å². The molecule has 0 saturated carbocycles. The first-order valence-corrected chi connectivity index (χ1v) is 5.96. The molecule has 2 amide bonds. The van der Waals surface area contributed by atoms with Crippen molar-refractivity contribution >= 4 is 12.0 Å². The first-order valence-electron chi connectivity index (χ1n) is 5.96. The number of nitriles is 1. The Hall–Kier alpha value is -1.77. The van der Waals surface area contributed by atoms with Crippen LogP contribution in [0.15, 0.2) is 0 Å². The quantitative estimate of drug-likeness (QED) is 0.777. The number of carbonyl (C=O) groups is 2.